The lowest BCUT2D eigenvalue weighted by Crippen LogP contribution is -2.37. The number of anilines is 2. The van der Waals surface area contributed by atoms with Gasteiger partial charge in [-0.3, -0.25) is 29.8 Å². The molecule has 0 radical (unpaired) electrons. The normalized spacial score (nSPS) is 10.6. The van der Waals surface area contributed by atoms with E-state index < -0.39 is 27.6 Å². The number of carbonyl (C=O) groups excluding carboxylic acids is 2. The number of nitrogens with one attached hydrogen (secondary N) is 2. The summed E-state index contributed by atoms with van der Waals surface area (Å²) >= 11 is 0. The number of ether oxygens (including phenoxy) is 2. The molecule has 0 unspecified atom stereocenters. The number of nitro groups is 2. The van der Waals surface area contributed by atoms with Crippen LogP contribution in [0.2, 0.25) is 0 Å². The predicted octanol–water partition coefficient (Wildman–Crippen LogP) is 2.75. The largest absolute Gasteiger partial charge is 0.379 e. The average molecular weight is 446 g/mol. The molecule has 2 aromatic rings. The van der Waals surface area contributed by atoms with Gasteiger partial charge in [0.2, 0.25) is 11.8 Å². The van der Waals surface area contributed by atoms with Crippen molar-refractivity contribution in [3.63, 3.8) is 0 Å². The van der Waals surface area contributed by atoms with Crippen LogP contribution in [0, 0.1) is 26.1 Å². The van der Waals surface area contributed by atoms with Gasteiger partial charge in [-0.2, -0.15) is 0 Å². The van der Waals surface area contributed by atoms with Crippen LogP contribution in [0.4, 0.5) is 22.7 Å². The van der Waals surface area contributed by atoms with Crippen molar-refractivity contribution < 1.29 is 28.9 Å². The van der Waals surface area contributed by atoms with Gasteiger partial charge < -0.3 is 20.1 Å². The van der Waals surface area contributed by atoms with E-state index in [-0.39, 0.29) is 42.6 Å². The second kappa shape index (κ2) is 12.1. The Kier molecular flexibility index (Phi) is 9.20. The van der Waals surface area contributed by atoms with Gasteiger partial charge in [-0.15, -0.1) is 0 Å². The number of nitrogens with zero attached hydrogens (tertiary/aromatic N) is 2. The van der Waals surface area contributed by atoms with E-state index in [1.165, 1.54) is 48.5 Å². The van der Waals surface area contributed by atoms with Gasteiger partial charge in [-0.25, -0.2) is 0 Å². The molecule has 0 spiro atoms. The Labute approximate surface area is 182 Å². The highest BCUT2D eigenvalue weighted by Gasteiger charge is 2.27. The summed E-state index contributed by atoms with van der Waals surface area (Å²) in [5.41, 5.74) is 0.246. The number of nitro benzene ring substituents is 2. The zero-order chi connectivity index (χ0) is 23.5. The van der Waals surface area contributed by atoms with Crippen LogP contribution in [-0.4, -0.2) is 48.1 Å². The fourth-order valence-corrected chi connectivity index (χ4v) is 2.53. The van der Waals surface area contributed by atoms with Gasteiger partial charge in [0.25, 0.3) is 11.4 Å². The molecule has 0 aliphatic heterocycles. The standard InChI is InChI=1S/C20H22N4O8/c1-2-31-11-12-32-13-18(19(25)21-14-3-7-16(8-4-14)23(27)28)20(26)22-15-5-9-17(10-6-15)24(29)30/h3-10,18H,2,11-13H2,1H3,(H,21,25)(H,22,26). The van der Waals surface area contributed by atoms with Gasteiger partial charge in [0.15, 0.2) is 0 Å². The molecule has 0 aromatic heterocycles. The summed E-state index contributed by atoms with van der Waals surface area (Å²) in [6, 6.07) is 10.3. The minimum atomic E-state index is -1.26. The zero-order valence-electron chi connectivity index (χ0n) is 17.2. The highest BCUT2D eigenvalue weighted by atomic mass is 16.6. The lowest BCUT2D eigenvalue weighted by atomic mass is 10.1. The lowest BCUT2D eigenvalue weighted by molar-refractivity contribution is -0.385. The maximum Gasteiger partial charge on any atom is 0.269 e. The lowest BCUT2D eigenvalue weighted by Gasteiger charge is -2.17. The molecule has 170 valence electrons. The Morgan fingerprint density at radius 2 is 1.22 bits per heavy atom. The summed E-state index contributed by atoms with van der Waals surface area (Å²) < 4.78 is 10.5. The Morgan fingerprint density at radius 3 is 1.59 bits per heavy atom. The smallest absolute Gasteiger partial charge is 0.269 e. The number of hydrogen-bond acceptors (Lipinski definition) is 8. The molecular formula is C20H22N4O8. The Bertz CT molecular complexity index is 876. The molecule has 0 atom stereocenters. The van der Waals surface area contributed by atoms with Crippen molar-refractivity contribution in [2.24, 2.45) is 5.92 Å². The SMILES string of the molecule is CCOCCOCC(C(=O)Nc1ccc([N+](=O)[O-])cc1)C(=O)Nc1ccc([N+](=O)[O-])cc1. The molecule has 0 fully saturated rings. The molecule has 12 heteroatoms. The summed E-state index contributed by atoms with van der Waals surface area (Å²) in [4.78, 5) is 45.8. The zero-order valence-corrected chi connectivity index (χ0v) is 17.2. The summed E-state index contributed by atoms with van der Waals surface area (Å²) in [5.74, 6) is -2.63. The number of carbonyl (C=O) groups is 2. The van der Waals surface area contributed by atoms with Crippen LogP contribution in [0.1, 0.15) is 6.92 Å². The third kappa shape index (κ3) is 7.41. The van der Waals surface area contributed by atoms with Crippen molar-refractivity contribution in [2.45, 2.75) is 6.92 Å². The van der Waals surface area contributed by atoms with E-state index in [1.807, 2.05) is 6.92 Å². The summed E-state index contributed by atoms with van der Waals surface area (Å²) in [5, 5.41) is 26.6. The third-order valence-electron chi connectivity index (χ3n) is 4.18. The molecule has 0 saturated heterocycles. The first kappa shape index (κ1) is 24.4. The van der Waals surface area contributed by atoms with Crippen molar-refractivity contribution in [1.82, 2.24) is 0 Å². The van der Waals surface area contributed by atoms with Crippen molar-refractivity contribution in [1.29, 1.82) is 0 Å². The highest BCUT2D eigenvalue weighted by Crippen LogP contribution is 2.18. The number of non-ortho nitro benzene ring substituents is 2. The summed E-state index contributed by atoms with van der Waals surface area (Å²) in [6.07, 6.45) is 0. The van der Waals surface area contributed by atoms with Crippen LogP contribution in [0.15, 0.2) is 48.5 Å². The molecule has 0 heterocycles. The monoisotopic (exact) mass is 446 g/mol. The molecule has 12 nitrogen and oxygen atoms in total. The summed E-state index contributed by atoms with van der Waals surface area (Å²) in [6.45, 7) is 2.52. The van der Waals surface area contributed by atoms with Crippen molar-refractivity contribution in [3.8, 4) is 0 Å². The van der Waals surface area contributed by atoms with Gasteiger partial charge in [0, 0.05) is 42.2 Å². The fourth-order valence-electron chi connectivity index (χ4n) is 2.53. The molecular weight excluding hydrogens is 424 g/mol. The Morgan fingerprint density at radius 1 is 0.812 bits per heavy atom. The second-order valence-electron chi connectivity index (χ2n) is 6.41. The predicted molar refractivity (Wildman–Crippen MR) is 114 cm³/mol. The molecule has 0 aliphatic carbocycles. The maximum atomic E-state index is 12.7. The first-order valence-electron chi connectivity index (χ1n) is 9.58. The van der Waals surface area contributed by atoms with E-state index in [0.717, 1.165) is 0 Å². The molecule has 2 amide bonds. The number of benzene rings is 2. The van der Waals surface area contributed by atoms with Gasteiger partial charge in [-0.05, 0) is 31.2 Å². The van der Waals surface area contributed by atoms with Gasteiger partial charge in [-0.1, -0.05) is 0 Å². The van der Waals surface area contributed by atoms with Gasteiger partial charge in [0.1, 0.15) is 5.92 Å². The van der Waals surface area contributed by atoms with Gasteiger partial charge >= 0.3 is 0 Å². The van der Waals surface area contributed by atoms with Gasteiger partial charge in [0.05, 0.1) is 29.7 Å². The fraction of sp³-hybridized carbons (Fsp3) is 0.300. The topological polar surface area (TPSA) is 163 Å². The van der Waals surface area contributed by atoms with E-state index in [4.69, 9.17) is 9.47 Å². The first-order valence-corrected chi connectivity index (χ1v) is 9.58. The molecule has 0 saturated carbocycles. The van der Waals surface area contributed by atoms with Crippen molar-refractivity contribution in [3.05, 3.63) is 68.8 Å². The van der Waals surface area contributed by atoms with Crippen LogP contribution in [-0.2, 0) is 19.1 Å². The van der Waals surface area contributed by atoms with Crippen molar-refractivity contribution >= 4 is 34.6 Å². The van der Waals surface area contributed by atoms with Crippen LogP contribution in [0.25, 0.3) is 0 Å². The minimum absolute atomic E-state index is 0.144. The van der Waals surface area contributed by atoms with Crippen LogP contribution in [0.5, 0.6) is 0 Å². The molecule has 0 aliphatic rings. The molecule has 0 bridgehead atoms. The maximum absolute atomic E-state index is 12.7. The van der Waals surface area contributed by atoms with Crippen LogP contribution < -0.4 is 10.6 Å². The van der Waals surface area contributed by atoms with E-state index in [9.17, 15) is 29.8 Å². The molecule has 2 rings (SSSR count). The number of amides is 2. The minimum Gasteiger partial charge on any atom is -0.379 e. The molecule has 2 aromatic carbocycles. The van der Waals surface area contributed by atoms with E-state index >= 15 is 0 Å². The van der Waals surface area contributed by atoms with E-state index in [0.29, 0.717) is 6.61 Å². The van der Waals surface area contributed by atoms with E-state index in [2.05, 4.69) is 10.6 Å². The highest BCUT2D eigenvalue weighted by molar-refractivity contribution is 6.11. The second-order valence-corrected chi connectivity index (χ2v) is 6.41. The molecule has 2 N–H and O–H groups in total. The van der Waals surface area contributed by atoms with Crippen LogP contribution in [0.3, 0.4) is 0 Å². The van der Waals surface area contributed by atoms with Crippen LogP contribution >= 0.6 is 0 Å². The first-order chi connectivity index (χ1) is 15.3. The number of rotatable bonds is 12. The summed E-state index contributed by atoms with van der Waals surface area (Å²) in [7, 11) is 0. The average Bonchev–Trinajstić information content (AvgIpc) is 2.76. The Hall–Kier alpha value is -3.90. The quantitative estimate of drug-likeness (QED) is 0.217. The van der Waals surface area contributed by atoms with Crippen molar-refractivity contribution in [2.75, 3.05) is 37.1 Å². The van der Waals surface area contributed by atoms with E-state index in [1.54, 1.807) is 0 Å². The molecule has 32 heavy (non-hydrogen) atoms. The Balaban J connectivity index is 2.08. The third-order valence-corrected chi connectivity index (χ3v) is 4.18. The number of hydrogen-bond donors (Lipinski definition) is 2.